The second-order valence-electron chi connectivity index (χ2n) is 6.87. The highest BCUT2D eigenvalue weighted by molar-refractivity contribution is 6.05. The van der Waals surface area contributed by atoms with Gasteiger partial charge in [-0.2, -0.15) is 0 Å². The lowest BCUT2D eigenvalue weighted by molar-refractivity contribution is 0.624. The van der Waals surface area contributed by atoms with Crippen molar-refractivity contribution in [2.75, 3.05) is 0 Å². The van der Waals surface area contributed by atoms with Crippen molar-refractivity contribution in [3.8, 4) is 5.69 Å². The largest absolute Gasteiger partial charge is 0.296 e. The van der Waals surface area contributed by atoms with Gasteiger partial charge in [-0.25, -0.2) is 15.0 Å². The number of hydrogen-bond donors (Lipinski definition) is 0. The summed E-state index contributed by atoms with van der Waals surface area (Å²) in [6.07, 6.45) is 0.861. The maximum Gasteiger partial charge on any atom is 0.265 e. The number of aromatic nitrogens is 5. The van der Waals surface area contributed by atoms with Gasteiger partial charge in [-0.3, -0.25) is 13.9 Å². The zero-order valence-corrected chi connectivity index (χ0v) is 15.8. The van der Waals surface area contributed by atoms with Crippen LogP contribution < -0.4 is 5.56 Å². The fourth-order valence-corrected chi connectivity index (χ4v) is 3.74. The van der Waals surface area contributed by atoms with E-state index in [1.54, 1.807) is 4.57 Å². The van der Waals surface area contributed by atoms with Gasteiger partial charge in [-0.05, 0) is 37.6 Å². The van der Waals surface area contributed by atoms with Crippen LogP contribution in [0.2, 0.25) is 0 Å². The van der Waals surface area contributed by atoms with Gasteiger partial charge in [0.25, 0.3) is 5.56 Å². The van der Waals surface area contributed by atoms with Crippen LogP contribution in [0.4, 0.5) is 0 Å². The predicted octanol–water partition coefficient (Wildman–Crippen LogP) is 4.00. The average molecular weight is 369 g/mol. The fourth-order valence-electron chi connectivity index (χ4n) is 3.74. The fraction of sp³-hybridized carbons (Fsp3) is 0.182. The van der Waals surface area contributed by atoms with Crippen LogP contribution in [0.25, 0.3) is 38.9 Å². The van der Waals surface area contributed by atoms with Crippen molar-refractivity contribution in [3.05, 3.63) is 70.8 Å². The lowest BCUT2D eigenvalue weighted by atomic mass is 10.3. The minimum atomic E-state index is -0.0615. The summed E-state index contributed by atoms with van der Waals surface area (Å²) in [4.78, 5) is 27.8. The number of hydrogen-bond acceptors (Lipinski definition) is 4. The normalized spacial score (nSPS) is 11.6. The number of rotatable bonds is 3. The van der Waals surface area contributed by atoms with E-state index in [1.807, 2.05) is 66.1 Å². The Bertz CT molecular complexity index is 1400. The Hall–Kier alpha value is -3.54. The van der Waals surface area contributed by atoms with Gasteiger partial charge in [0, 0.05) is 12.2 Å². The third-order valence-corrected chi connectivity index (χ3v) is 5.02. The van der Waals surface area contributed by atoms with Gasteiger partial charge >= 0.3 is 0 Å². The highest BCUT2D eigenvalue weighted by Gasteiger charge is 2.21. The van der Waals surface area contributed by atoms with E-state index in [4.69, 9.17) is 15.0 Å². The standard InChI is InChI=1S/C22H19N5O/c1-3-13-26-14(2)23-20-18(22(26)28)19-21(27(20)15-9-5-4-6-10-15)25-17-12-8-7-11-16(17)24-19/h4-12H,3,13H2,1-2H3. The van der Waals surface area contributed by atoms with Gasteiger partial charge in [0.1, 0.15) is 16.7 Å². The molecule has 6 nitrogen and oxygen atoms in total. The maximum atomic E-state index is 13.4. The molecule has 0 fully saturated rings. The minimum Gasteiger partial charge on any atom is -0.296 e. The predicted molar refractivity (Wildman–Crippen MR) is 111 cm³/mol. The molecule has 0 saturated carbocycles. The highest BCUT2D eigenvalue weighted by atomic mass is 16.1. The first-order valence-corrected chi connectivity index (χ1v) is 9.43. The zero-order valence-electron chi connectivity index (χ0n) is 15.8. The molecule has 3 heterocycles. The Morgan fingerprint density at radius 1 is 0.857 bits per heavy atom. The molecule has 0 spiro atoms. The topological polar surface area (TPSA) is 65.6 Å². The van der Waals surface area contributed by atoms with E-state index in [0.717, 1.165) is 23.1 Å². The molecule has 3 aromatic heterocycles. The lowest BCUT2D eigenvalue weighted by Crippen LogP contribution is -2.24. The maximum absolute atomic E-state index is 13.4. The smallest absolute Gasteiger partial charge is 0.265 e. The monoisotopic (exact) mass is 369 g/mol. The van der Waals surface area contributed by atoms with Crippen molar-refractivity contribution >= 4 is 33.2 Å². The van der Waals surface area contributed by atoms with Crippen LogP contribution in [-0.4, -0.2) is 24.1 Å². The summed E-state index contributed by atoms with van der Waals surface area (Å²) in [5.41, 5.74) is 4.26. The molecule has 0 atom stereocenters. The molecule has 2 aromatic carbocycles. The van der Waals surface area contributed by atoms with E-state index >= 15 is 0 Å². The molecule has 28 heavy (non-hydrogen) atoms. The van der Waals surface area contributed by atoms with Gasteiger partial charge in [-0.15, -0.1) is 0 Å². The summed E-state index contributed by atoms with van der Waals surface area (Å²) >= 11 is 0. The van der Waals surface area contributed by atoms with Crippen molar-refractivity contribution in [2.45, 2.75) is 26.8 Å². The van der Waals surface area contributed by atoms with Gasteiger partial charge in [0.05, 0.1) is 11.0 Å². The molecule has 0 N–H and O–H groups in total. The molecule has 5 aromatic rings. The number of nitrogens with zero attached hydrogens (tertiary/aromatic N) is 5. The third kappa shape index (κ3) is 2.34. The molecule has 0 amide bonds. The van der Waals surface area contributed by atoms with Crippen molar-refractivity contribution < 1.29 is 0 Å². The second-order valence-corrected chi connectivity index (χ2v) is 6.87. The van der Waals surface area contributed by atoms with E-state index in [0.29, 0.717) is 34.6 Å². The van der Waals surface area contributed by atoms with Crippen LogP contribution >= 0.6 is 0 Å². The molecular weight excluding hydrogens is 350 g/mol. The zero-order chi connectivity index (χ0) is 19.3. The quantitative estimate of drug-likeness (QED) is 0.482. The molecule has 0 aliphatic carbocycles. The average Bonchev–Trinajstić information content (AvgIpc) is 3.02. The first kappa shape index (κ1) is 16.6. The third-order valence-electron chi connectivity index (χ3n) is 5.02. The molecule has 0 saturated heterocycles. The highest BCUT2D eigenvalue weighted by Crippen LogP contribution is 2.28. The minimum absolute atomic E-state index is 0.0615. The Morgan fingerprint density at radius 2 is 1.54 bits per heavy atom. The van der Waals surface area contributed by atoms with Crippen LogP contribution in [0, 0.1) is 6.92 Å². The van der Waals surface area contributed by atoms with Crippen LogP contribution in [0.15, 0.2) is 59.4 Å². The number of fused-ring (bicyclic) bond motifs is 4. The van der Waals surface area contributed by atoms with Crippen molar-refractivity contribution in [1.29, 1.82) is 0 Å². The van der Waals surface area contributed by atoms with Crippen molar-refractivity contribution in [1.82, 2.24) is 24.1 Å². The number of para-hydroxylation sites is 3. The molecule has 0 radical (unpaired) electrons. The van der Waals surface area contributed by atoms with Gasteiger partial charge in [0.15, 0.2) is 11.3 Å². The van der Waals surface area contributed by atoms with Gasteiger partial charge < -0.3 is 0 Å². The number of aryl methyl sites for hydroxylation is 1. The molecule has 0 unspecified atom stereocenters. The van der Waals surface area contributed by atoms with Gasteiger partial charge in [0.2, 0.25) is 0 Å². The Kier molecular flexibility index (Phi) is 3.72. The van der Waals surface area contributed by atoms with Crippen LogP contribution in [-0.2, 0) is 6.54 Å². The molecular formula is C22H19N5O. The van der Waals surface area contributed by atoms with E-state index in [1.165, 1.54) is 0 Å². The SMILES string of the molecule is CCCn1c(C)nc2c(c1=O)c1nc3ccccc3nc1n2-c1ccccc1. The Balaban J connectivity index is 2.03. The lowest BCUT2D eigenvalue weighted by Gasteiger charge is -2.09. The second kappa shape index (κ2) is 6.27. The van der Waals surface area contributed by atoms with Crippen LogP contribution in [0.5, 0.6) is 0 Å². The molecule has 5 rings (SSSR count). The van der Waals surface area contributed by atoms with Gasteiger partial charge in [-0.1, -0.05) is 37.3 Å². The van der Waals surface area contributed by atoms with Crippen LogP contribution in [0.3, 0.4) is 0 Å². The van der Waals surface area contributed by atoms with E-state index in [2.05, 4.69) is 6.92 Å². The number of benzene rings is 2. The van der Waals surface area contributed by atoms with E-state index in [-0.39, 0.29) is 5.56 Å². The summed E-state index contributed by atoms with van der Waals surface area (Å²) in [6, 6.07) is 17.6. The Labute approximate surface area is 161 Å². The first-order chi connectivity index (χ1) is 13.7. The molecule has 6 heteroatoms. The van der Waals surface area contributed by atoms with Crippen molar-refractivity contribution in [3.63, 3.8) is 0 Å². The van der Waals surface area contributed by atoms with E-state index < -0.39 is 0 Å². The summed E-state index contributed by atoms with van der Waals surface area (Å²) in [5.74, 6) is 0.698. The molecule has 138 valence electrons. The van der Waals surface area contributed by atoms with E-state index in [9.17, 15) is 4.79 Å². The Morgan fingerprint density at radius 3 is 2.25 bits per heavy atom. The molecule has 0 bridgehead atoms. The summed E-state index contributed by atoms with van der Waals surface area (Å²) in [6.45, 7) is 4.56. The summed E-state index contributed by atoms with van der Waals surface area (Å²) < 4.78 is 3.67. The van der Waals surface area contributed by atoms with Crippen molar-refractivity contribution in [2.24, 2.45) is 0 Å². The first-order valence-electron chi connectivity index (χ1n) is 9.43. The van der Waals surface area contributed by atoms with Crippen LogP contribution in [0.1, 0.15) is 19.2 Å². The summed E-state index contributed by atoms with van der Waals surface area (Å²) in [7, 11) is 0. The molecule has 0 aliphatic heterocycles. The molecule has 0 aliphatic rings. The summed E-state index contributed by atoms with van der Waals surface area (Å²) in [5, 5.41) is 0.524.